The van der Waals surface area contributed by atoms with Crippen LogP contribution in [-0.4, -0.2) is 28.9 Å². The van der Waals surface area contributed by atoms with Crippen molar-refractivity contribution in [3.63, 3.8) is 0 Å². The molecule has 0 atom stereocenters. The quantitative estimate of drug-likeness (QED) is 0.427. The topological polar surface area (TPSA) is 102 Å². The van der Waals surface area contributed by atoms with Crippen LogP contribution in [0.1, 0.15) is 18.2 Å². The number of thiazole rings is 1. The molecule has 0 aliphatic rings. The van der Waals surface area contributed by atoms with Crippen LogP contribution in [0.4, 0.5) is 5.13 Å². The summed E-state index contributed by atoms with van der Waals surface area (Å²) >= 11 is 1.21. The van der Waals surface area contributed by atoms with E-state index >= 15 is 0 Å². The fraction of sp³-hybridized carbons (Fsp3) is 0.176. The highest BCUT2D eigenvalue weighted by Gasteiger charge is 2.12. The summed E-state index contributed by atoms with van der Waals surface area (Å²) in [4.78, 5) is 31.7. The van der Waals surface area contributed by atoms with Gasteiger partial charge in [0.05, 0.1) is 24.1 Å². The average molecular weight is 358 g/mol. The van der Waals surface area contributed by atoms with E-state index in [0.29, 0.717) is 28.4 Å². The van der Waals surface area contributed by atoms with Crippen LogP contribution in [0.2, 0.25) is 0 Å². The smallest absolute Gasteiger partial charge is 0.348 e. The van der Waals surface area contributed by atoms with Crippen LogP contribution in [0, 0.1) is 0 Å². The molecule has 0 bridgehead atoms. The highest BCUT2D eigenvalue weighted by atomic mass is 32.1. The van der Waals surface area contributed by atoms with Gasteiger partial charge in [-0.1, -0.05) is 12.1 Å². The lowest BCUT2D eigenvalue weighted by Crippen LogP contribution is -2.07. The molecule has 2 aromatic heterocycles. The van der Waals surface area contributed by atoms with Gasteiger partial charge in [0.2, 0.25) is 5.13 Å². The minimum Gasteiger partial charge on any atom is -0.506 e. The predicted octanol–water partition coefficient (Wildman–Crippen LogP) is 2.81. The summed E-state index contributed by atoms with van der Waals surface area (Å²) in [6.07, 6.45) is 1.27. The molecule has 1 N–H and O–H groups in total. The zero-order chi connectivity index (χ0) is 17.8. The zero-order valence-corrected chi connectivity index (χ0v) is 14.1. The van der Waals surface area contributed by atoms with Gasteiger partial charge in [0.25, 0.3) is 0 Å². The number of ether oxygens (including phenoxy) is 1. The first kappa shape index (κ1) is 16.8. The van der Waals surface area contributed by atoms with Gasteiger partial charge >= 0.3 is 11.6 Å². The average Bonchev–Trinajstić information content (AvgIpc) is 3.02. The Bertz CT molecular complexity index is 1010. The maximum Gasteiger partial charge on any atom is 0.348 e. The van der Waals surface area contributed by atoms with Crippen LogP contribution in [0.3, 0.4) is 0 Å². The second kappa shape index (κ2) is 7.27. The summed E-state index contributed by atoms with van der Waals surface area (Å²) in [6, 6.07) is 6.68. The first-order valence-electron chi connectivity index (χ1n) is 7.47. The number of hydrogen-bond donors (Lipinski definition) is 1. The molecular weight excluding hydrogens is 344 g/mol. The molecule has 3 rings (SSSR count). The SMILES string of the molecule is CCOC(=O)Cc1csc(/N=C/c2c(O)c3ccccc3oc2=O)n1. The summed E-state index contributed by atoms with van der Waals surface area (Å²) in [7, 11) is 0. The molecule has 0 amide bonds. The van der Waals surface area contributed by atoms with Gasteiger partial charge in [-0.2, -0.15) is 0 Å². The Morgan fingerprint density at radius 1 is 1.44 bits per heavy atom. The molecular formula is C17H14N2O5S. The first-order valence-corrected chi connectivity index (χ1v) is 8.35. The Balaban J connectivity index is 1.85. The fourth-order valence-electron chi connectivity index (χ4n) is 2.18. The zero-order valence-electron chi connectivity index (χ0n) is 13.3. The van der Waals surface area contributed by atoms with E-state index in [1.54, 1.807) is 36.6 Å². The van der Waals surface area contributed by atoms with E-state index in [-0.39, 0.29) is 23.7 Å². The number of aromatic nitrogens is 1. The highest BCUT2D eigenvalue weighted by molar-refractivity contribution is 7.13. The maximum absolute atomic E-state index is 12.0. The lowest BCUT2D eigenvalue weighted by atomic mass is 10.1. The van der Waals surface area contributed by atoms with E-state index in [2.05, 4.69) is 9.98 Å². The molecule has 0 aliphatic carbocycles. The molecule has 0 fully saturated rings. The normalized spacial score (nSPS) is 11.2. The van der Waals surface area contributed by atoms with Crippen molar-refractivity contribution in [1.29, 1.82) is 0 Å². The number of aromatic hydroxyl groups is 1. The minimum absolute atomic E-state index is 0.0548. The molecule has 0 unspecified atom stereocenters. The van der Waals surface area contributed by atoms with Gasteiger partial charge in [0.15, 0.2) is 0 Å². The Labute approximate surface area is 146 Å². The Kier molecular flexibility index (Phi) is 4.90. The summed E-state index contributed by atoms with van der Waals surface area (Å²) in [5.41, 5.74) is 0.0857. The van der Waals surface area contributed by atoms with Crippen molar-refractivity contribution < 1.29 is 19.1 Å². The van der Waals surface area contributed by atoms with Crippen molar-refractivity contribution >= 4 is 39.6 Å². The number of aliphatic imine (C=N–C) groups is 1. The molecule has 128 valence electrons. The molecule has 0 saturated carbocycles. The van der Waals surface area contributed by atoms with Crippen molar-refractivity contribution in [1.82, 2.24) is 4.98 Å². The van der Waals surface area contributed by atoms with Crippen molar-refractivity contribution in [3.8, 4) is 5.75 Å². The number of nitrogens with zero attached hydrogens (tertiary/aromatic N) is 2. The van der Waals surface area contributed by atoms with Gasteiger partial charge in [-0.05, 0) is 19.1 Å². The summed E-state index contributed by atoms with van der Waals surface area (Å²) in [5, 5.41) is 12.7. The monoisotopic (exact) mass is 358 g/mol. The summed E-state index contributed by atoms with van der Waals surface area (Å²) in [6.45, 7) is 2.04. The van der Waals surface area contributed by atoms with Crippen LogP contribution < -0.4 is 5.63 Å². The number of esters is 1. The summed E-state index contributed by atoms with van der Waals surface area (Å²) < 4.78 is 10.0. The number of benzene rings is 1. The standard InChI is InChI=1S/C17H14N2O5S/c1-2-23-14(20)7-10-9-25-17(19-10)18-8-12-15(21)11-5-3-4-6-13(11)24-16(12)22/h3-6,8-9,21H,2,7H2,1H3/b18-8+. The Morgan fingerprint density at radius 2 is 2.24 bits per heavy atom. The van der Waals surface area contributed by atoms with Crippen LogP contribution in [0.5, 0.6) is 5.75 Å². The third-order valence-corrected chi connectivity index (χ3v) is 4.09. The Morgan fingerprint density at radius 3 is 3.04 bits per heavy atom. The molecule has 25 heavy (non-hydrogen) atoms. The molecule has 7 nitrogen and oxygen atoms in total. The molecule has 0 radical (unpaired) electrons. The third-order valence-electron chi connectivity index (χ3n) is 3.29. The van der Waals surface area contributed by atoms with Crippen molar-refractivity contribution in [2.45, 2.75) is 13.3 Å². The van der Waals surface area contributed by atoms with E-state index in [0.717, 1.165) is 0 Å². The molecule has 1 aromatic carbocycles. The number of carbonyl (C=O) groups is 1. The highest BCUT2D eigenvalue weighted by Crippen LogP contribution is 2.26. The van der Waals surface area contributed by atoms with E-state index in [9.17, 15) is 14.7 Å². The van der Waals surface area contributed by atoms with E-state index in [1.807, 2.05) is 0 Å². The van der Waals surface area contributed by atoms with Crippen LogP contribution in [-0.2, 0) is 16.0 Å². The second-order valence-electron chi connectivity index (χ2n) is 5.01. The van der Waals surface area contributed by atoms with Gasteiger partial charge < -0.3 is 14.3 Å². The first-order chi connectivity index (χ1) is 12.1. The van der Waals surface area contributed by atoms with Gasteiger partial charge in [-0.15, -0.1) is 11.3 Å². The number of fused-ring (bicyclic) bond motifs is 1. The maximum atomic E-state index is 12.0. The fourth-order valence-corrected chi connectivity index (χ4v) is 2.84. The Hall–Kier alpha value is -3.00. The van der Waals surface area contributed by atoms with E-state index in [4.69, 9.17) is 9.15 Å². The van der Waals surface area contributed by atoms with Gasteiger partial charge in [-0.25, -0.2) is 14.8 Å². The van der Waals surface area contributed by atoms with Crippen molar-refractivity contribution in [2.75, 3.05) is 6.61 Å². The lowest BCUT2D eigenvalue weighted by Gasteiger charge is -2.01. The van der Waals surface area contributed by atoms with Crippen molar-refractivity contribution in [2.24, 2.45) is 4.99 Å². The summed E-state index contributed by atoms with van der Waals surface area (Å²) in [5.74, 6) is -0.560. The van der Waals surface area contributed by atoms with Gasteiger partial charge in [0, 0.05) is 11.6 Å². The molecule has 2 heterocycles. The molecule has 3 aromatic rings. The second-order valence-corrected chi connectivity index (χ2v) is 5.85. The molecule has 8 heteroatoms. The molecule has 0 saturated heterocycles. The third kappa shape index (κ3) is 3.74. The predicted molar refractivity (Wildman–Crippen MR) is 93.9 cm³/mol. The van der Waals surface area contributed by atoms with Gasteiger partial charge in [0.1, 0.15) is 16.9 Å². The number of para-hydroxylation sites is 1. The van der Waals surface area contributed by atoms with E-state index < -0.39 is 5.63 Å². The van der Waals surface area contributed by atoms with E-state index in [1.165, 1.54) is 17.6 Å². The van der Waals surface area contributed by atoms with Crippen LogP contribution >= 0.6 is 11.3 Å². The van der Waals surface area contributed by atoms with Crippen LogP contribution in [0.25, 0.3) is 11.0 Å². The van der Waals surface area contributed by atoms with Crippen LogP contribution in [0.15, 0.2) is 43.8 Å². The molecule has 0 aliphatic heterocycles. The van der Waals surface area contributed by atoms with Crippen molar-refractivity contribution in [3.05, 3.63) is 51.3 Å². The molecule has 0 spiro atoms. The lowest BCUT2D eigenvalue weighted by molar-refractivity contribution is -0.142. The number of carbonyl (C=O) groups excluding carboxylic acids is 1. The number of rotatable bonds is 5. The number of hydrogen-bond acceptors (Lipinski definition) is 8. The minimum atomic E-state index is -0.691. The van der Waals surface area contributed by atoms with Gasteiger partial charge in [-0.3, -0.25) is 4.79 Å². The largest absolute Gasteiger partial charge is 0.506 e.